The Labute approximate surface area is 146 Å². The van der Waals surface area contributed by atoms with Crippen LogP contribution in [-0.4, -0.2) is 30.1 Å². The summed E-state index contributed by atoms with van der Waals surface area (Å²) >= 11 is 0. The molecule has 5 nitrogen and oxygen atoms in total. The normalized spacial score (nSPS) is 22.2. The van der Waals surface area contributed by atoms with Gasteiger partial charge >= 0.3 is 0 Å². The molecule has 1 amide bonds. The van der Waals surface area contributed by atoms with E-state index in [1.54, 1.807) is 6.07 Å². The highest BCUT2D eigenvalue weighted by Crippen LogP contribution is 2.34. The lowest BCUT2D eigenvalue weighted by molar-refractivity contribution is 0.0427. The first-order valence-corrected chi connectivity index (χ1v) is 8.54. The summed E-state index contributed by atoms with van der Waals surface area (Å²) in [4.78, 5) is 14.9. The number of hydrogen-bond donors (Lipinski definition) is 1. The van der Waals surface area contributed by atoms with E-state index in [-0.39, 0.29) is 18.2 Å². The molecule has 1 saturated heterocycles. The minimum Gasteiger partial charge on any atom is -0.376 e. The summed E-state index contributed by atoms with van der Waals surface area (Å²) in [7, 11) is 0. The third kappa shape index (κ3) is 2.97. The Morgan fingerprint density at radius 3 is 2.92 bits per heavy atom. The second kappa shape index (κ2) is 6.58. The second-order valence-electron chi connectivity index (χ2n) is 6.42. The average Bonchev–Trinajstić information content (AvgIpc) is 3.17. The Kier molecular flexibility index (Phi) is 4.12. The van der Waals surface area contributed by atoms with Gasteiger partial charge in [-0.3, -0.25) is 4.79 Å². The van der Waals surface area contributed by atoms with Crippen molar-refractivity contribution in [3.63, 3.8) is 0 Å². The molecule has 0 saturated carbocycles. The number of rotatable bonds is 3. The maximum atomic E-state index is 13.1. The monoisotopic (exact) mass is 333 g/mol. The number of fused-ring (bicyclic) bond motifs is 1. The molecule has 1 fully saturated rings. The quantitative estimate of drug-likeness (QED) is 0.936. The molecule has 2 aliphatic heterocycles. The SMILES string of the molecule is N#Cc1cccc([C@H]2Nc3ccccc3C(=O)N2C[C@H]2CCCO2)c1. The van der Waals surface area contributed by atoms with Crippen LogP contribution in [0.15, 0.2) is 48.5 Å². The number of carbonyl (C=O) groups excluding carboxylic acids is 1. The highest BCUT2D eigenvalue weighted by Gasteiger charge is 2.35. The molecular weight excluding hydrogens is 314 g/mol. The number of benzene rings is 2. The van der Waals surface area contributed by atoms with Crippen molar-refractivity contribution >= 4 is 11.6 Å². The number of nitrogens with zero attached hydrogens (tertiary/aromatic N) is 2. The summed E-state index contributed by atoms with van der Waals surface area (Å²) in [6.45, 7) is 1.30. The van der Waals surface area contributed by atoms with Crippen LogP contribution < -0.4 is 5.32 Å². The number of ether oxygens (including phenoxy) is 1. The molecule has 0 aliphatic carbocycles. The first kappa shape index (κ1) is 15.7. The van der Waals surface area contributed by atoms with E-state index >= 15 is 0 Å². The first-order chi connectivity index (χ1) is 12.3. The number of carbonyl (C=O) groups is 1. The molecule has 4 rings (SSSR count). The molecule has 25 heavy (non-hydrogen) atoms. The molecule has 0 aromatic heterocycles. The van der Waals surface area contributed by atoms with Crippen LogP contribution in [0.25, 0.3) is 0 Å². The van der Waals surface area contributed by atoms with Crippen LogP contribution in [-0.2, 0) is 4.74 Å². The Morgan fingerprint density at radius 1 is 1.24 bits per heavy atom. The van der Waals surface area contributed by atoms with Crippen molar-refractivity contribution in [1.82, 2.24) is 4.90 Å². The zero-order chi connectivity index (χ0) is 17.2. The minimum atomic E-state index is -0.306. The van der Waals surface area contributed by atoms with Gasteiger partial charge in [-0.1, -0.05) is 24.3 Å². The smallest absolute Gasteiger partial charge is 0.257 e. The Morgan fingerprint density at radius 2 is 2.12 bits per heavy atom. The van der Waals surface area contributed by atoms with E-state index in [0.29, 0.717) is 17.7 Å². The summed E-state index contributed by atoms with van der Waals surface area (Å²) < 4.78 is 5.75. The van der Waals surface area contributed by atoms with Gasteiger partial charge in [-0.25, -0.2) is 0 Å². The molecule has 2 aromatic rings. The van der Waals surface area contributed by atoms with E-state index in [9.17, 15) is 10.1 Å². The molecule has 1 N–H and O–H groups in total. The predicted octanol–water partition coefficient (Wildman–Crippen LogP) is 3.30. The second-order valence-corrected chi connectivity index (χ2v) is 6.42. The number of para-hydroxylation sites is 1. The van der Waals surface area contributed by atoms with Crippen molar-refractivity contribution in [2.45, 2.75) is 25.1 Å². The van der Waals surface area contributed by atoms with Gasteiger partial charge in [-0.15, -0.1) is 0 Å². The average molecular weight is 333 g/mol. The fourth-order valence-electron chi connectivity index (χ4n) is 3.53. The van der Waals surface area contributed by atoms with Crippen molar-refractivity contribution in [1.29, 1.82) is 5.26 Å². The van der Waals surface area contributed by atoms with Crippen molar-refractivity contribution in [3.05, 3.63) is 65.2 Å². The Hall–Kier alpha value is -2.84. The Balaban J connectivity index is 1.73. The summed E-state index contributed by atoms with van der Waals surface area (Å²) in [6.07, 6.45) is 1.76. The number of anilines is 1. The van der Waals surface area contributed by atoms with E-state index in [4.69, 9.17) is 4.74 Å². The molecule has 2 aliphatic rings. The van der Waals surface area contributed by atoms with Crippen LogP contribution in [0.2, 0.25) is 0 Å². The van der Waals surface area contributed by atoms with Crippen molar-refractivity contribution < 1.29 is 9.53 Å². The molecule has 2 aromatic carbocycles. The molecule has 0 radical (unpaired) electrons. The molecule has 2 heterocycles. The van der Waals surface area contributed by atoms with Crippen molar-refractivity contribution in [2.24, 2.45) is 0 Å². The van der Waals surface area contributed by atoms with Crippen LogP contribution in [0.3, 0.4) is 0 Å². The molecule has 5 heteroatoms. The molecule has 2 atom stereocenters. The minimum absolute atomic E-state index is 0.00258. The van der Waals surface area contributed by atoms with Gasteiger partial charge in [0.2, 0.25) is 0 Å². The topological polar surface area (TPSA) is 65.4 Å². The molecule has 0 spiro atoms. The van der Waals surface area contributed by atoms with E-state index in [2.05, 4.69) is 11.4 Å². The van der Waals surface area contributed by atoms with Crippen molar-refractivity contribution in [2.75, 3.05) is 18.5 Å². The number of nitrogens with one attached hydrogen (secondary N) is 1. The fourth-order valence-corrected chi connectivity index (χ4v) is 3.53. The van der Waals surface area contributed by atoms with Crippen LogP contribution in [0.4, 0.5) is 5.69 Å². The van der Waals surface area contributed by atoms with Gasteiger partial charge in [0.15, 0.2) is 0 Å². The lowest BCUT2D eigenvalue weighted by atomic mass is 10.0. The number of nitriles is 1. The van der Waals surface area contributed by atoms with Crippen LogP contribution in [0, 0.1) is 11.3 Å². The van der Waals surface area contributed by atoms with Gasteiger partial charge < -0.3 is 15.0 Å². The maximum Gasteiger partial charge on any atom is 0.257 e. The Bertz CT molecular complexity index is 837. The molecule has 0 bridgehead atoms. The van der Waals surface area contributed by atoms with Crippen LogP contribution >= 0.6 is 0 Å². The largest absolute Gasteiger partial charge is 0.376 e. The fraction of sp³-hybridized carbons (Fsp3) is 0.300. The standard InChI is InChI=1S/C20H19N3O2/c21-12-14-5-3-6-15(11-14)19-22-18-9-2-1-8-17(18)20(24)23(19)13-16-7-4-10-25-16/h1-3,5-6,8-9,11,16,19,22H,4,7,10,13H2/t16-,19+/m1/s1. The van der Waals surface area contributed by atoms with Gasteiger partial charge in [-0.05, 0) is 42.7 Å². The number of amides is 1. The summed E-state index contributed by atoms with van der Waals surface area (Å²) in [6, 6.07) is 17.1. The molecule has 126 valence electrons. The lowest BCUT2D eigenvalue weighted by Gasteiger charge is -2.39. The van der Waals surface area contributed by atoms with Gasteiger partial charge in [0.05, 0.1) is 23.3 Å². The zero-order valence-electron chi connectivity index (χ0n) is 13.8. The first-order valence-electron chi connectivity index (χ1n) is 8.54. The van der Waals surface area contributed by atoms with Crippen LogP contribution in [0.5, 0.6) is 0 Å². The molecular formula is C20H19N3O2. The molecule has 0 unspecified atom stereocenters. The highest BCUT2D eigenvalue weighted by molar-refractivity contribution is 6.01. The van der Waals surface area contributed by atoms with Gasteiger partial charge in [0.1, 0.15) is 6.17 Å². The van der Waals surface area contributed by atoms with E-state index in [0.717, 1.165) is 30.7 Å². The summed E-state index contributed by atoms with van der Waals surface area (Å²) in [5.74, 6) is -0.00258. The van der Waals surface area contributed by atoms with Gasteiger partial charge in [-0.2, -0.15) is 5.26 Å². The van der Waals surface area contributed by atoms with Gasteiger partial charge in [0, 0.05) is 18.8 Å². The van der Waals surface area contributed by atoms with Crippen LogP contribution in [0.1, 0.15) is 40.5 Å². The summed E-state index contributed by atoms with van der Waals surface area (Å²) in [5.41, 5.74) is 2.99. The van der Waals surface area contributed by atoms with Crippen molar-refractivity contribution in [3.8, 4) is 6.07 Å². The zero-order valence-corrected chi connectivity index (χ0v) is 13.8. The van der Waals surface area contributed by atoms with E-state index < -0.39 is 0 Å². The number of hydrogen-bond acceptors (Lipinski definition) is 4. The third-order valence-electron chi connectivity index (χ3n) is 4.78. The maximum absolute atomic E-state index is 13.1. The predicted molar refractivity (Wildman–Crippen MR) is 94.0 cm³/mol. The van der Waals surface area contributed by atoms with E-state index in [1.165, 1.54) is 0 Å². The summed E-state index contributed by atoms with van der Waals surface area (Å²) in [5, 5.41) is 12.7. The van der Waals surface area contributed by atoms with Gasteiger partial charge in [0.25, 0.3) is 5.91 Å². The third-order valence-corrected chi connectivity index (χ3v) is 4.78. The lowest BCUT2D eigenvalue weighted by Crippen LogP contribution is -2.46. The van der Waals surface area contributed by atoms with E-state index in [1.807, 2.05) is 47.4 Å². The highest BCUT2D eigenvalue weighted by atomic mass is 16.5.